The number of amides is 1. The Morgan fingerprint density at radius 2 is 1.92 bits per heavy atom. The monoisotopic (exact) mass is 324 g/mol. The summed E-state index contributed by atoms with van der Waals surface area (Å²) in [5.41, 5.74) is 1.39. The zero-order chi connectivity index (χ0) is 17.1. The number of Topliss-reactive ketones (excluding diaryl/α,β-unsaturated/α-hetero) is 1. The molecule has 6 heteroatoms. The quantitative estimate of drug-likeness (QED) is 0.738. The number of oxazole rings is 1. The summed E-state index contributed by atoms with van der Waals surface area (Å²) in [6, 6.07) is 12.3. The van der Waals surface area contributed by atoms with Crippen molar-refractivity contribution in [3.05, 3.63) is 72.0 Å². The van der Waals surface area contributed by atoms with Gasteiger partial charge in [0.05, 0.1) is 0 Å². The van der Waals surface area contributed by atoms with E-state index in [2.05, 4.69) is 10.3 Å². The molecule has 0 bridgehead atoms. The first-order valence-electron chi connectivity index (χ1n) is 7.16. The number of nitrogens with one attached hydrogen (secondary N) is 1. The largest absolute Gasteiger partial charge is 0.443 e. The van der Waals surface area contributed by atoms with Gasteiger partial charge < -0.3 is 9.73 Å². The normalized spacial score (nSPS) is 10.4. The number of rotatable bonds is 4. The lowest BCUT2D eigenvalue weighted by Crippen LogP contribution is -2.13. The van der Waals surface area contributed by atoms with Gasteiger partial charge in [0.25, 0.3) is 5.91 Å². The lowest BCUT2D eigenvalue weighted by Gasteiger charge is -2.06. The maximum atomic E-state index is 13.4. The summed E-state index contributed by atoms with van der Waals surface area (Å²) in [6.45, 7) is 1.45. The lowest BCUT2D eigenvalue weighted by molar-refractivity contribution is 0.100. The Balaban J connectivity index is 1.88. The van der Waals surface area contributed by atoms with Crippen LogP contribution in [0.3, 0.4) is 0 Å². The van der Waals surface area contributed by atoms with E-state index >= 15 is 0 Å². The number of hydrogen-bond donors (Lipinski definition) is 1. The molecule has 3 rings (SSSR count). The maximum Gasteiger partial charge on any atom is 0.278 e. The van der Waals surface area contributed by atoms with Crippen molar-refractivity contribution in [2.75, 3.05) is 5.32 Å². The SMILES string of the molecule is CC(=O)c1cccc(NC(=O)c2ncoc2-c2cccc(F)c2)c1. The van der Waals surface area contributed by atoms with Gasteiger partial charge in [0.1, 0.15) is 5.82 Å². The molecule has 1 N–H and O–H groups in total. The minimum atomic E-state index is -0.510. The second-order valence-corrected chi connectivity index (χ2v) is 5.13. The van der Waals surface area contributed by atoms with Crippen molar-refractivity contribution in [1.82, 2.24) is 4.98 Å². The zero-order valence-corrected chi connectivity index (χ0v) is 12.7. The Morgan fingerprint density at radius 3 is 2.67 bits per heavy atom. The summed E-state index contributed by atoms with van der Waals surface area (Å²) < 4.78 is 18.6. The Morgan fingerprint density at radius 1 is 1.12 bits per heavy atom. The van der Waals surface area contributed by atoms with Gasteiger partial charge in [-0.15, -0.1) is 0 Å². The van der Waals surface area contributed by atoms with E-state index in [9.17, 15) is 14.0 Å². The fourth-order valence-electron chi connectivity index (χ4n) is 2.25. The Hall–Kier alpha value is -3.28. The first-order valence-corrected chi connectivity index (χ1v) is 7.16. The van der Waals surface area contributed by atoms with E-state index < -0.39 is 11.7 Å². The number of carbonyl (C=O) groups is 2. The Kier molecular flexibility index (Phi) is 4.20. The van der Waals surface area contributed by atoms with Gasteiger partial charge in [-0.05, 0) is 31.2 Å². The van der Waals surface area contributed by atoms with Crippen LogP contribution in [0.5, 0.6) is 0 Å². The molecule has 0 unspecified atom stereocenters. The maximum absolute atomic E-state index is 13.4. The van der Waals surface area contributed by atoms with Gasteiger partial charge in [0.2, 0.25) is 0 Å². The number of benzene rings is 2. The van der Waals surface area contributed by atoms with E-state index in [1.54, 1.807) is 30.3 Å². The molecule has 0 radical (unpaired) electrons. The molecular weight excluding hydrogens is 311 g/mol. The van der Waals surface area contributed by atoms with E-state index in [1.807, 2.05) is 0 Å². The van der Waals surface area contributed by atoms with Gasteiger partial charge >= 0.3 is 0 Å². The molecule has 2 aromatic carbocycles. The molecular formula is C18H13FN2O3. The Labute approximate surface area is 137 Å². The van der Waals surface area contributed by atoms with Crippen LogP contribution in [-0.2, 0) is 0 Å². The highest BCUT2D eigenvalue weighted by atomic mass is 19.1. The molecule has 5 nitrogen and oxygen atoms in total. The molecule has 0 atom stereocenters. The van der Waals surface area contributed by atoms with Crippen molar-refractivity contribution in [2.45, 2.75) is 6.92 Å². The van der Waals surface area contributed by atoms with Gasteiger partial charge in [-0.3, -0.25) is 9.59 Å². The molecule has 1 amide bonds. The number of hydrogen-bond acceptors (Lipinski definition) is 4. The third kappa shape index (κ3) is 3.22. The molecule has 1 heterocycles. The third-order valence-corrected chi connectivity index (χ3v) is 3.40. The topological polar surface area (TPSA) is 72.2 Å². The average molecular weight is 324 g/mol. The summed E-state index contributed by atoms with van der Waals surface area (Å²) >= 11 is 0. The molecule has 0 aliphatic rings. The first-order chi connectivity index (χ1) is 11.5. The number of halogens is 1. The smallest absolute Gasteiger partial charge is 0.278 e. The average Bonchev–Trinajstić information content (AvgIpc) is 3.05. The van der Waals surface area contributed by atoms with Crippen LogP contribution in [0.2, 0.25) is 0 Å². The van der Waals surface area contributed by atoms with E-state index in [-0.39, 0.29) is 17.2 Å². The fraction of sp³-hybridized carbons (Fsp3) is 0.0556. The number of anilines is 1. The summed E-state index contributed by atoms with van der Waals surface area (Å²) in [5, 5.41) is 2.66. The molecule has 0 aliphatic heterocycles. The van der Waals surface area contributed by atoms with Crippen LogP contribution in [0, 0.1) is 5.82 Å². The predicted molar refractivity (Wildman–Crippen MR) is 86.3 cm³/mol. The molecule has 3 aromatic rings. The molecule has 1 aromatic heterocycles. The number of nitrogens with zero attached hydrogens (tertiary/aromatic N) is 1. The summed E-state index contributed by atoms with van der Waals surface area (Å²) in [6.07, 6.45) is 1.13. The van der Waals surface area contributed by atoms with Gasteiger partial charge in [-0.2, -0.15) is 0 Å². The van der Waals surface area contributed by atoms with Crippen LogP contribution >= 0.6 is 0 Å². The van der Waals surface area contributed by atoms with Crippen LogP contribution < -0.4 is 5.32 Å². The summed E-state index contributed by atoms with van der Waals surface area (Å²) in [7, 11) is 0. The van der Waals surface area contributed by atoms with Crippen molar-refractivity contribution in [3.8, 4) is 11.3 Å². The van der Waals surface area contributed by atoms with Crippen LogP contribution in [0.1, 0.15) is 27.8 Å². The fourth-order valence-corrected chi connectivity index (χ4v) is 2.25. The van der Waals surface area contributed by atoms with Gasteiger partial charge in [0, 0.05) is 16.8 Å². The molecule has 120 valence electrons. The Bertz CT molecular complexity index is 918. The number of ketones is 1. The number of aromatic nitrogens is 1. The summed E-state index contributed by atoms with van der Waals surface area (Å²) in [5.74, 6) is -0.879. The molecule has 0 aliphatic carbocycles. The molecule has 0 fully saturated rings. The number of carbonyl (C=O) groups excluding carboxylic acids is 2. The summed E-state index contributed by atoms with van der Waals surface area (Å²) in [4.78, 5) is 27.7. The molecule has 24 heavy (non-hydrogen) atoms. The highest BCUT2D eigenvalue weighted by molar-refractivity contribution is 6.07. The minimum absolute atomic E-state index is 0.0360. The zero-order valence-electron chi connectivity index (χ0n) is 12.7. The van der Waals surface area contributed by atoms with Gasteiger partial charge in [-0.25, -0.2) is 9.37 Å². The van der Waals surface area contributed by atoms with Crippen LogP contribution in [0.15, 0.2) is 59.3 Å². The van der Waals surface area contributed by atoms with Crippen molar-refractivity contribution in [3.63, 3.8) is 0 Å². The highest BCUT2D eigenvalue weighted by Gasteiger charge is 2.19. The van der Waals surface area contributed by atoms with Crippen molar-refractivity contribution in [1.29, 1.82) is 0 Å². The van der Waals surface area contributed by atoms with Gasteiger partial charge in [-0.1, -0.05) is 24.3 Å². The van der Waals surface area contributed by atoms with Gasteiger partial charge in [0.15, 0.2) is 23.6 Å². The van der Waals surface area contributed by atoms with Crippen molar-refractivity contribution >= 4 is 17.4 Å². The third-order valence-electron chi connectivity index (χ3n) is 3.40. The predicted octanol–water partition coefficient (Wildman–Crippen LogP) is 3.94. The van der Waals surface area contributed by atoms with Crippen molar-refractivity contribution in [2.24, 2.45) is 0 Å². The molecule has 0 spiro atoms. The van der Waals surface area contributed by atoms with Crippen LogP contribution in [0.4, 0.5) is 10.1 Å². The van der Waals surface area contributed by atoms with Crippen LogP contribution in [0.25, 0.3) is 11.3 Å². The second-order valence-electron chi connectivity index (χ2n) is 5.13. The van der Waals surface area contributed by atoms with E-state index in [0.29, 0.717) is 16.8 Å². The molecule has 0 saturated heterocycles. The van der Waals surface area contributed by atoms with E-state index in [0.717, 1.165) is 6.39 Å². The first kappa shape index (κ1) is 15.6. The standard InChI is InChI=1S/C18H13FN2O3/c1-11(22)12-4-3-7-15(9-12)21-18(23)16-17(24-10-20-16)13-5-2-6-14(19)8-13/h2-10H,1H3,(H,21,23). The molecule has 0 saturated carbocycles. The minimum Gasteiger partial charge on any atom is -0.443 e. The van der Waals surface area contributed by atoms with E-state index in [1.165, 1.54) is 25.1 Å². The lowest BCUT2D eigenvalue weighted by atomic mass is 10.1. The second kappa shape index (κ2) is 6.45. The van der Waals surface area contributed by atoms with E-state index in [4.69, 9.17) is 4.42 Å². The van der Waals surface area contributed by atoms with Crippen molar-refractivity contribution < 1.29 is 18.4 Å². The highest BCUT2D eigenvalue weighted by Crippen LogP contribution is 2.24. The van der Waals surface area contributed by atoms with Crippen LogP contribution in [-0.4, -0.2) is 16.7 Å².